The fraction of sp³-hybridized carbons (Fsp3) is 0.500. The molecule has 1 heterocycles. The van der Waals surface area contributed by atoms with Gasteiger partial charge in [-0.05, 0) is 31.5 Å². The summed E-state index contributed by atoms with van der Waals surface area (Å²) in [7, 11) is 0. The number of nitrogens with one attached hydrogen (secondary N) is 1. The second-order valence-electron chi connectivity index (χ2n) is 4.39. The maximum absolute atomic E-state index is 5.47. The van der Waals surface area contributed by atoms with Crippen molar-refractivity contribution in [2.24, 2.45) is 5.92 Å². The van der Waals surface area contributed by atoms with Gasteiger partial charge in [-0.3, -0.25) is 4.98 Å². The number of nitrogens with zero attached hydrogens (tertiary/aromatic N) is 1. The first-order valence-corrected chi connectivity index (χ1v) is 6.12. The summed E-state index contributed by atoms with van der Waals surface area (Å²) in [4.78, 5) is 4.34. The highest BCUT2D eigenvalue weighted by Gasteiger charge is 1.97. The molecule has 0 fully saturated rings. The minimum absolute atomic E-state index is 0.600. The highest BCUT2D eigenvalue weighted by molar-refractivity contribution is 5.20. The van der Waals surface area contributed by atoms with Crippen molar-refractivity contribution in [1.29, 1.82) is 0 Å². The molecule has 1 rings (SSSR count). The first-order chi connectivity index (χ1) is 8.22. The van der Waals surface area contributed by atoms with Crippen molar-refractivity contribution >= 4 is 0 Å². The zero-order valence-electron chi connectivity index (χ0n) is 10.9. The van der Waals surface area contributed by atoms with E-state index in [1.807, 2.05) is 31.2 Å². The molecule has 3 nitrogen and oxygen atoms in total. The summed E-state index contributed by atoms with van der Waals surface area (Å²) in [5, 5.41) is 3.36. The van der Waals surface area contributed by atoms with Crippen LogP contribution in [0.25, 0.3) is 0 Å². The summed E-state index contributed by atoms with van der Waals surface area (Å²) < 4.78 is 5.47. The predicted molar refractivity (Wildman–Crippen MR) is 71.1 cm³/mol. The van der Waals surface area contributed by atoms with E-state index >= 15 is 0 Å². The first kappa shape index (κ1) is 13.7. The fourth-order valence-electron chi connectivity index (χ4n) is 1.33. The molecule has 1 aromatic heterocycles. The van der Waals surface area contributed by atoms with Crippen LogP contribution in [0.5, 0.6) is 5.75 Å². The third kappa shape index (κ3) is 6.07. The standard InChI is InChI=1S/C14H22N2O/c1-4-5-8-17-14-7-6-13(16-11-14)10-15-9-12(2)3/h4-7,11-12,15H,8-10H2,1-3H3. The molecule has 0 atom stereocenters. The third-order valence-corrected chi connectivity index (χ3v) is 2.24. The van der Waals surface area contributed by atoms with Gasteiger partial charge in [-0.15, -0.1) is 0 Å². The Morgan fingerprint density at radius 1 is 1.41 bits per heavy atom. The summed E-state index contributed by atoms with van der Waals surface area (Å²) in [5.74, 6) is 1.48. The van der Waals surface area contributed by atoms with Crippen molar-refractivity contribution < 1.29 is 4.74 Å². The fourth-order valence-corrected chi connectivity index (χ4v) is 1.33. The van der Waals surface area contributed by atoms with Crippen LogP contribution < -0.4 is 10.1 Å². The minimum atomic E-state index is 0.600. The van der Waals surface area contributed by atoms with E-state index < -0.39 is 0 Å². The number of allylic oxidation sites excluding steroid dienone is 1. The van der Waals surface area contributed by atoms with Crippen LogP contribution in [-0.2, 0) is 6.54 Å². The Bertz CT molecular complexity index is 331. The van der Waals surface area contributed by atoms with Gasteiger partial charge in [0.05, 0.1) is 11.9 Å². The predicted octanol–water partition coefficient (Wildman–Crippen LogP) is 2.78. The second kappa shape index (κ2) is 7.85. The highest BCUT2D eigenvalue weighted by Crippen LogP contribution is 2.09. The third-order valence-electron chi connectivity index (χ3n) is 2.24. The Morgan fingerprint density at radius 2 is 2.24 bits per heavy atom. The van der Waals surface area contributed by atoms with Gasteiger partial charge < -0.3 is 10.1 Å². The number of hydrogen-bond donors (Lipinski definition) is 1. The van der Waals surface area contributed by atoms with E-state index in [0.29, 0.717) is 12.5 Å². The van der Waals surface area contributed by atoms with Crippen LogP contribution in [0.3, 0.4) is 0 Å². The van der Waals surface area contributed by atoms with Crippen molar-refractivity contribution in [2.75, 3.05) is 13.2 Å². The zero-order chi connectivity index (χ0) is 12.5. The Kier molecular flexibility index (Phi) is 6.33. The Morgan fingerprint density at radius 3 is 2.82 bits per heavy atom. The number of hydrogen-bond acceptors (Lipinski definition) is 3. The molecule has 0 radical (unpaired) electrons. The van der Waals surface area contributed by atoms with E-state index in [9.17, 15) is 0 Å². The van der Waals surface area contributed by atoms with Gasteiger partial charge in [0.25, 0.3) is 0 Å². The minimum Gasteiger partial charge on any atom is -0.488 e. The molecule has 0 saturated heterocycles. The summed E-state index contributed by atoms with van der Waals surface area (Å²) >= 11 is 0. The molecule has 0 bridgehead atoms. The molecule has 1 N–H and O–H groups in total. The lowest BCUT2D eigenvalue weighted by atomic mass is 10.2. The van der Waals surface area contributed by atoms with Crippen LogP contribution in [-0.4, -0.2) is 18.1 Å². The zero-order valence-corrected chi connectivity index (χ0v) is 10.9. The van der Waals surface area contributed by atoms with E-state index in [4.69, 9.17) is 4.74 Å². The van der Waals surface area contributed by atoms with Gasteiger partial charge in [0, 0.05) is 6.54 Å². The van der Waals surface area contributed by atoms with Crippen LogP contribution in [0.2, 0.25) is 0 Å². The average Bonchev–Trinajstić information content (AvgIpc) is 2.31. The van der Waals surface area contributed by atoms with Crippen molar-refractivity contribution in [3.8, 4) is 5.75 Å². The Hall–Kier alpha value is -1.35. The van der Waals surface area contributed by atoms with Crippen LogP contribution in [0, 0.1) is 5.92 Å². The van der Waals surface area contributed by atoms with E-state index in [-0.39, 0.29) is 0 Å². The number of ether oxygens (including phenoxy) is 1. The molecule has 0 aliphatic rings. The van der Waals surface area contributed by atoms with Crippen molar-refractivity contribution in [3.05, 3.63) is 36.2 Å². The molecule has 3 heteroatoms. The lowest BCUT2D eigenvalue weighted by molar-refractivity contribution is 0.361. The van der Waals surface area contributed by atoms with Crippen LogP contribution in [0.4, 0.5) is 0 Å². The number of aromatic nitrogens is 1. The maximum atomic E-state index is 5.47. The van der Waals surface area contributed by atoms with E-state index in [0.717, 1.165) is 24.5 Å². The number of pyridine rings is 1. The van der Waals surface area contributed by atoms with Gasteiger partial charge in [-0.2, -0.15) is 0 Å². The van der Waals surface area contributed by atoms with Gasteiger partial charge >= 0.3 is 0 Å². The molecular weight excluding hydrogens is 212 g/mol. The van der Waals surface area contributed by atoms with E-state index in [1.54, 1.807) is 6.20 Å². The molecule has 0 saturated carbocycles. The van der Waals surface area contributed by atoms with E-state index in [1.165, 1.54) is 0 Å². The normalized spacial score (nSPS) is 11.3. The topological polar surface area (TPSA) is 34.1 Å². The molecule has 1 aromatic rings. The molecule has 17 heavy (non-hydrogen) atoms. The average molecular weight is 234 g/mol. The van der Waals surface area contributed by atoms with Crippen LogP contribution in [0.15, 0.2) is 30.5 Å². The second-order valence-corrected chi connectivity index (χ2v) is 4.39. The largest absolute Gasteiger partial charge is 0.488 e. The van der Waals surface area contributed by atoms with Crippen molar-refractivity contribution in [3.63, 3.8) is 0 Å². The lowest BCUT2D eigenvalue weighted by Gasteiger charge is -2.07. The van der Waals surface area contributed by atoms with Gasteiger partial charge in [0.2, 0.25) is 0 Å². The number of rotatable bonds is 7. The molecule has 0 aromatic carbocycles. The lowest BCUT2D eigenvalue weighted by Crippen LogP contribution is -2.19. The van der Waals surface area contributed by atoms with Crippen LogP contribution in [0.1, 0.15) is 26.5 Å². The van der Waals surface area contributed by atoms with Gasteiger partial charge in [0.1, 0.15) is 12.4 Å². The summed E-state index contributed by atoms with van der Waals surface area (Å²) in [6, 6.07) is 3.96. The molecule has 0 aliphatic carbocycles. The summed E-state index contributed by atoms with van der Waals surface area (Å²) in [6.45, 7) is 8.79. The highest BCUT2D eigenvalue weighted by atomic mass is 16.5. The molecule has 0 spiro atoms. The van der Waals surface area contributed by atoms with Gasteiger partial charge in [-0.25, -0.2) is 0 Å². The molecular formula is C14H22N2O. The summed E-state index contributed by atoms with van der Waals surface area (Å²) in [5.41, 5.74) is 1.05. The smallest absolute Gasteiger partial charge is 0.138 e. The van der Waals surface area contributed by atoms with Crippen LogP contribution >= 0.6 is 0 Å². The van der Waals surface area contributed by atoms with Gasteiger partial charge in [0.15, 0.2) is 0 Å². The molecule has 0 unspecified atom stereocenters. The molecule has 0 amide bonds. The molecule has 0 aliphatic heterocycles. The van der Waals surface area contributed by atoms with Crippen molar-refractivity contribution in [2.45, 2.75) is 27.3 Å². The quantitative estimate of drug-likeness (QED) is 0.737. The molecule has 94 valence electrons. The van der Waals surface area contributed by atoms with E-state index in [2.05, 4.69) is 24.1 Å². The Labute approximate surface area is 104 Å². The van der Waals surface area contributed by atoms with Gasteiger partial charge in [-0.1, -0.05) is 26.0 Å². The maximum Gasteiger partial charge on any atom is 0.138 e. The monoisotopic (exact) mass is 234 g/mol. The van der Waals surface area contributed by atoms with Crippen molar-refractivity contribution in [1.82, 2.24) is 10.3 Å². The Balaban J connectivity index is 2.34. The summed E-state index contributed by atoms with van der Waals surface area (Å²) in [6.07, 6.45) is 5.71. The first-order valence-electron chi connectivity index (χ1n) is 6.12. The SMILES string of the molecule is CC=CCOc1ccc(CNCC(C)C)nc1.